The van der Waals surface area contributed by atoms with E-state index in [-0.39, 0.29) is 12.1 Å². The SMILES string of the molecule is C[C@@H](NC(=O)Nc1cccc(OC2CCCC2)c1)c1cn2ncsc2n1. The highest BCUT2D eigenvalue weighted by molar-refractivity contribution is 7.14. The van der Waals surface area contributed by atoms with E-state index in [2.05, 4.69) is 20.7 Å². The lowest BCUT2D eigenvalue weighted by molar-refractivity contribution is 0.210. The number of carbonyl (C=O) groups is 1. The molecule has 0 aliphatic heterocycles. The van der Waals surface area contributed by atoms with Crippen molar-refractivity contribution in [2.45, 2.75) is 44.8 Å². The van der Waals surface area contributed by atoms with E-state index in [1.165, 1.54) is 24.2 Å². The maximum Gasteiger partial charge on any atom is 0.319 e. The van der Waals surface area contributed by atoms with E-state index < -0.39 is 0 Å². The highest BCUT2D eigenvalue weighted by Gasteiger charge is 2.17. The molecule has 2 amide bonds. The average Bonchev–Trinajstić information content (AvgIpc) is 3.31. The van der Waals surface area contributed by atoms with Crippen LogP contribution in [0.15, 0.2) is 36.0 Å². The topological polar surface area (TPSA) is 80.5 Å². The summed E-state index contributed by atoms with van der Waals surface area (Å²) in [6.07, 6.45) is 6.78. The van der Waals surface area contributed by atoms with Crippen LogP contribution in [0.25, 0.3) is 4.96 Å². The first kappa shape index (κ1) is 16.8. The number of amides is 2. The van der Waals surface area contributed by atoms with Crippen LogP contribution in [0, 0.1) is 0 Å². The smallest absolute Gasteiger partial charge is 0.319 e. The van der Waals surface area contributed by atoms with Gasteiger partial charge in [0, 0.05) is 11.8 Å². The Morgan fingerprint density at radius 2 is 2.23 bits per heavy atom. The third-order valence-electron chi connectivity index (χ3n) is 4.49. The van der Waals surface area contributed by atoms with Gasteiger partial charge in [0.05, 0.1) is 24.0 Å². The lowest BCUT2D eigenvalue weighted by atomic mass is 10.2. The van der Waals surface area contributed by atoms with Gasteiger partial charge in [0.15, 0.2) is 0 Å². The first-order valence-electron chi connectivity index (χ1n) is 8.80. The summed E-state index contributed by atoms with van der Waals surface area (Å²) in [7, 11) is 0. The number of hydrogen-bond donors (Lipinski definition) is 2. The molecule has 0 saturated heterocycles. The molecule has 2 aromatic heterocycles. The Balaban J connectivity index is 1.35. The molecule has 0 radical (unpaired) electrons. The van der Waals surface area contributed by atoms with Gasteiger partial charge in [-0.1, -0.05) is 17.4 Å². The molecule has 4 rings (SSSR count). The maximum absolute atomic E-state index is 12.3. The number of rotatable bonds is 5. The molecule has 1 aliphatic rings. The average molecular weight is 371 g/mol. The van der Waals surface area contributed by atoms with E-state index in [0.29, 0.717) is 11.8 Å². The molecule has 8 heteroatoms. The van der Waals surface area contributed by atoms with Crippen LogP contribution in [-0.4, -0.2) is 26.7 Å². The van der Waals surface area contributed by atoms with Crippen molar-refractivity contribution in [2.75, 3.05) is 5.32 Å². The quantitative estimate of drug-likeness (QED) is 0.710. The first-order valence-corrected chi connectivity index (χ1v) is 9.68. The number of fused-ring (bicyclic) bond motifs is 1. The molecular weight excluding hydrogens is 350 g/mol. The molecule has 0 spiro atoms. The molecular formula is C18H21N5O2S. The molecule has 1 fully saturated rings. The van der Waals surface area contributed by atoms with Crippen LogP contribution < -0.4 is 15.4 Å². The van der Waals surface area contributed by atoms with Crippen molar-refractivity contribution < 1.29 is 9.53 Å². The number of hydrogen-bond acceptors (Lipinski definition) is 5. The third-order valence-corrected chi connectivity index (χ3v) is 5.18. The van der Waals surface area contributed by atoms with Gasteiger partial charge >= 0.3 is 6.03 Å². The minimum atomic E-state index is -0.278. The number of urea groups is 1. The molecule has 1 aliphatic carbocycles. The monoisotopic (exact) mass is 371 g/mol. The first-order chi connectivity index (χ1) is 12.7. The van der Waals surface area contributed by atoms with Crippen molar-refractivity contribution in [2.24, 2.45) is 0 Å². The molecule has 2 heterocycles. The van der Waals surface area contributed by atoms with Gasteiger partial charge in [-0.05, 0) is 44.7 Å². The fourth-order valence-electron chi connectivity index (χ4n) is 3.15. The fraction of sp³-hybridized carbons (Fsp3) is 0.389. The van der Waals surface area contributed by atoms with Crippen molar-refractivity contribution in [3.05, 3.63) is 41.7 Å². The number of ether oxygens (including phenoxy) is 1. The lowest BCUT2D eigenvalue weighted by Gasteiger charge is -2.15. The normalized spacial score (nSPS) is 15.9. The summed E-state index contributed by atoms with van der Waals surface area (Å²) in [5.41, 5.74) is 3.22. The summed E-state index contributed by atoms with van der Waals surface area (Å²) in [5.74, 6) is 0.795. The van der Waals surface area contributed by atoms with Gasteiger partial charge in [0.25, 0.3) is 0 Å². The molecule has 3 aromatic rings. The van der Waals surface area contributed by atoms with Crippen LogP contribution in [0.3, 0.4) is 0 Å². The van der Waals surface area contributed by atoms with E-state index in [4.69, 9.17) is 4.74 Å². The molecule has 1 atom stereocenters. The van der Waals surface area contributed by atoms with Gasteiger partial charge in [-0.3, -0.25) is 0 Å². The summed E-state index contributed by atoms with van der Waals surface area (Å²) in [4.78, 5) is 17.6. The molecule has 2 N–H and O–H groups in total. The maximum atomic E-state index is 12.3. The van der Waals surface area contributed by atoms with Crippen molar-refractivity contribution in [3.63, 3.8) is 0 Å². The Kier molecular flexibility index (Phi) is 4.75. The summed E-state index contributed by atoms with van der Waals surface area (Å²) < 4.78 is 7.69. The highest BCUT2D eigenvalue weighted by Crippen LogP contribution is 2.25. The minimum Gasteiger partial charge on any atom is -0.490 e. The number of imidazole rings is 1. The van der Waals surface area contributed by atoms with Crippen LogP contribution in [-0.2, 0) is 0 Å². The second kappa shape index (κ2) is 7.33. The van der Waals surface area contributed by atoms with E-state index in [0.717, 1.165) is 29.2 Å². The zero-order valence-electron chi connectivity index (χ0n) is 14.5. The van der Waals surface area contributed by atoms with Crippen molar-refractivity contribution in [3.8, 4) is 5.75 Å². The largest absolute Gasteiger partial charge is 0.490 e. The van der Waals surface area contributed by atoms with E-state index in [9.17, 15) is 4.79 Å². The molecule has 0 unspecified atom stereocenters. The van der Waals surface area contributed by atoms with E-state index >= 15 is 0 Å². The minimum absolute atomic E-state index is 0.221. The summed E-state index contributed by atoms with van der Waals surface area (Å²) in [5, 5.41) is 9.91. The van der Waals surface area contributed by atoms with Crippen LogP contribution in [0.5, 0.6) is 5.75 Å². The highest BCUT2D eigenvalue weighted by atomic mass is 32.1. The number of anilines is 1. The van der Waals surface area contributed by atoms with E-state index in [1.807, 2.05) is 37.4 Å². The molecule has 0 bridgehead atoms. The summed E-state index contributed by atoms with van der Waals surface area (Å²) >= 11 is 1.46. The number of nitrogens with one attached hydrogen (secondary N) is 2. The Labute approximate surface area is 155 Å². The van der Waals surface area contributed by atoms with Gasteiger partial charge in [0.1, 0.15) is 11.3 Å². The standard InChI is InChI=1S/C18H21N5O2S/c1-12(16-10-23-18(22-16)26-11-19-23)20-17(24)21-13-5-4-8-15(9-13)25-14-6-2-3-7-14/h4-5,8-12,14H,2-3,6-7H2,1H3,(H2,20,21,24)/t12-/m1/s1. The molecule has 26 heavy (non-hydrogen) atoms. The second-order valence-electron chi connectivity index (χ2n) is 6.50. The second-order valence-corrected chi connectivity index (χ2v) is 7.32. The van der Waals surface area contributed by atoms with Crippen molar-refractivity contribution in [1.29, 1.82) is 0 Å². The van der Waals surface area contributed by atoms with Crippen LogP contribution in [0.2, 0.25) is 0 Å². The summed E-state index contributed by atoms with van der Waals surface area (Å²) in [6, 6.07) is 7.02. The van der Waals surface area contributed by atoms with Gasteiger partial charge in [-0.2, -0.15) is 5.10 Å². The Bertz CT molecular complexity index is 871. The Hall–Kier alpha value is -2.61. The van der Waals surface area contributed by atoms with Crippen LogP contribution in [0.1, 0.15) is 44.3 Å². The Morgan fingerprint density at radius 1 is 1.38 bits per heavy atom. The van der Waals surface area contributed by atoms with Crippen LogP contribution in [0.4, 0.5) is 10.5 Å². The predicted octanol–water partition coefficient (Wildman–Crippen LogP) is 3.99. The number of benzene rings is 1. The third kappa shape index (κ3) is 3.80. The molecule has 136 valence electrons. The van der Waals surface area contributed by atoms with E-state index in [1.54, 1.807) is 10.0 Å². The number of carbonyl (C=O) groups excluding carboxylic acids is 1. The number of aromatic nitrogens is 3. The van der Waals surface area contributed by atoms with Crippen LogP contribution >= 0.6 is 11.3 Å². The zero-order valence-corrected chi connectivity index (χ0v) is 15.3. The fourth-order valence-corrected chi connectivity index (χ4v) is 3.76. The Morgan fingerprint density at radius 3 is 3.04 bits per heavy atom. The van der Waals surface area contributed by atoms with Gasteiger partial charge in [-0.15, -0.1) is 0 Å². The van der Waals surface area contributed by atoms with Gasteiger partial charge in [0.2, 0.25) is 4.96 Å². The van der Waals surface area contributed by atoms with Crippen molar-refractivity contribution in [1.82, 2.24) is 19.9 Å². The molecule has 7 nitrogen and oxygen atoms in total. The van der Waals surface area contributed by atoms with Gasteiger partial charge in [-0.25, -0.2) is 14.3 Å². The lowest BCUT2D eigenvalue weighted by Crippen LogP contribution is -2.31. The van der Waals surface area contributed by atoms with Crippen molar-refractivity contribution >= 4 is 28.0 Å². The predicted molar refractivity (Wildman–Crippen MR) is 101 cm³/mol. The van der Waals surface area contributed by atoms with Gasteiger partial charge < -0.3 is 15.4 Å². The molecule has 1 saturated carbocycles. The summed E-state index contributed by atoms with van der Waals surface area (Å²) in [6.45, 7) is 1.89. The number of nitrogens with zero attached hydrogens (tertiary/aromatic N) is 3. The molecule has 1 aromatic carbocycles. The zero-order chi connectivity index (χ0) is 17.9.